The Kier molecular flexibility index (Phi) is 5.13. The van der Waals surface area contributed by atoms with Crippen molar-refractivity contribution in [2.75, 3.05) is 0 Å². The predicted octanol–water partition coefficient (Wildman–Crippen LogP) is 5.53. The van der Waals surface area contributed by atoms with Gasteiger partial charge in [0, 0.05) is 5.39 Å². The van der Waals surface area contributed by atoms with Gasteiger partial charge in [-0.1, -0.05) is 17.8 Å². The van der Waals surface area contributed by atoms with Gasteiger partial charge in [0.25, 0.3) is 5.24 Å². The van der Waals surface area contributed by atoms with Crippen LogP contribution in [0.3, 0.4) is 0 Å². The summed E-state index contributed by atoms with van der Waals surface area (Å²) in [7, 11) is 0. The van der Waals surface area contributed by atoms with Gasteiger partial charge in [-0.25, -0.2) is 27.4 Å². The third kappa shape index (κ3) is 3.50. The molecule has 0 bridgehead atoms. The SMILES string of the molecule is CC1SC(=O)NN=C1c1ccc2[nH]c(O)c(N=Nc3c(F)c(F)c(F)c(F)c3F)c2c1. The second-order valence-electron chi connectivity index (χ2n) is 6.36. The van der Waals surface area contributed by atoms with Crippen molar-refractivity contribution in [2.45, 2.75) is 12.2 Å². The zero-order valence-corrected chi connectivity index (χ0v) is 16.1. The van der Waals surface area contributed by atoms with Gasteiger partial charge < -0.3 is 10.1 Å². The van der Waals surface area contributed by atoms with Crippen molar-refractivity contribution in [3.05, 3.63) is 52.8 Å². The summed E-state index contributed by atoms with van der Waals surface area (Å²) < 4.78 is 67.6. The quantitative estimate of drug-likeness (QED) is 0.209. The molecule has 2 heterocycles. The maximum atomic E-state index is 13.8. The van der Waals surface area contributed by atoms with Gasteiger partial charge in [-0.15, -0.1) is 10.2 Å². The lowest BCUT2D eigenvalue weighted by Crippen LogP contribution is -2.29. The van der Waals surface area contributed by atoms with Gasteiger partial charge in [0.15, 0.2) is 34.6 Å². The van der Waals surface area contributed by atoms with Crippen LogP contribution in [0, 0.1) is 29.1 Å². The van der Waals surface area contributed by atoms with Crippen LogP contribution in [0.15, 0.2) is 33.5 Å². The highest BCUT2D eigenvalue weighted by atomic mass is 32.2. The molecule has 1 amide bonds. The number of nitrogens with one attached hydrogen (secondary N) is 2. The molecule has 3 N–H and O–H groups in total. The van der Waals surface area contributed by atoms with Crippen LogP contribution in [0.2, 0.25) is 0 Å². The first kappa shape index (κ1) is 20.8. The number of azo groups is 1. The van der Waals surface area contributed by atoms with Crippen LogP contribution >= 0.6 is 11.8 Å². The van der Waals surface area contributed by atoms with E-state index in [1.165, 1.54) is 6.07 Å². The van der Waals surface area contributed by atoms with Crippen molar-refractivity contribution in [1.29, 1.82) is 0 Å². The van der Waals surface area contributed by atoms with E-state index in [9.17, 15) is 31.9 Å². The van der Waals surface area contributed by atoms with Crippen molar-refractivity contribution in [3.8, 4) is 5.88 Å². The van der Waals surface area contributed by atoms with E-state index in [-0.39, 0.29) is 21.6 Å². The number of benzene rings is 2. The molecule has 1 aliphatic heterocycles. The predicted molar refractivity (Wildman–Crippen MR) is 102 cm³/mol. The number of halogens is 5. The molecule has 1 unspecified atom stereocenters. The lowest BCUT2D eigenvalue weighted by atomic mass is 10.1. The van der Waals surface area contributed by atoms with E-state index in [4.69, 9.17) is 0 Å². The fraction of sp³-hybridized carbons (Fsp3) is 0.111. The van der Waals surface area contributed by atoms with Crippen LogP contribution in [0.1, 0.15) is 12.5 Å². The molecule has 7 nitrogen and oxygen atoms in total. The zero-order chi connectivity index (χ0) is 22.4. The Balaban J connectivity index is 1.81. The van der Waals surface area contributed by atoms with Gasteiger partial charge in [0.2, 0.25) is 11.7 Å². The van der Waals surface area contributed by atoms with Crippen molar-refractivity contribution >= 4 is 45.0 Å². The first-order valence-corrected chi connectivity index (χ1v) is 9.39. The molecule has 0 radical (unpaired) electrons. The topological polar surface area (TPSA) is 102 Å². The summed E-state index contributed by atoms with van der Waals surface area (Å²) in [5.41, 5.74) is 1.95. The Hall–Kier alpha value is -3.48. The van der Waals surface area contributed by atoms with Gasteiger partial charge in [0.1, 0.15) is 0 Å². The number of H-pyrrole nitrogens is 1. The van der Waals surface area contributed by atoms with E-state index in [0.717, 1.165) is 11.8 Å². The van der Waals surface area contributed by atoms with Crippen LogP contribution < -0.4 is 5.43 Å². The number of rotatable bonds is 3. The molecule has 31 heavy (non-hydrogen) atoms. The highest BCUT2D eigenvalue weighted by Crippen LogP contribution is 2.38. The van der Waals surface area contributed by atoms with Gasteiger partial charge in [-0.3, -0.25) is 4.79 Å². The molecular weight excluding hydrogens is 445 g/mol. The second-order valence-corrected chi connectivity index (χ2v) is 7.67. The number of aromatic amines is 1. The Morgan fingerprint density at radius 3 is 2.26 bits per heavy atom. The molecule has 3 aromatic rings. The minimum Gasteiger partial charge on any atom is -0.493 e. The number of hydrogen-bond acceptors (Lipinski definition) is 6. The van der Waals surface area contributed by atoms with Crippen molar-refractivity contribution in [2.24, 2.45) is 15.3 Å². The Labute approximate surface area is 174 Å². The number of carbonyl (C=O) groups excluding carboxylic acids is 1. The number of hydrogen-bond donors (Lipinski definition) is 3. The maximum absolute atomic E-state index is 13.8. The monoisotopic (exact) mass is 455 g/mol. The van der Waals surface area contributed by atoms with Crippen molar-refractivity contribution in [1.82, 2.24) is 10.4 Å². The fourth-order valence-corrected chi connectivity index (χ4v) is 3.66. The summed E-state index contributed by atoms with van der Waals surface area (Å²) in [6, 6.07) is 4.72. The molecule has 0 saturated carbocycles. The van der Waals surface area contributed by atoms with Crippen LogP contribution in [-0.2, 0) is 0 Å². The molecule has 13 heteroatoms. The number of nitrogens with zero attached hydrogens (tertiary/aromatic N) is 3. The minimum absolute atomic E-state index is 0.236. The van der Waals surface area contributed by atoms with Crippen molar-refractivity contribution < 1.29 is 31.9 Å². The summed E-state index contributed by atoms with van der Waals surface area (Å²) in [6.45, 7) is 1.75. The third-order valence-electron chi connectivity index (χ3n) is 4.42. The van der Waals surface area contributed by atoms with Crippen molar-refractivity contribution in [3.63, 3.8) is 0 Å². The van der Waals surface area contributed by atoms with E-state index < -0.39 is 40.7 Å². The molecule has 0 fully saturated rings. The highest BCUT2D eigenvalue weighted by Gasteiger charge is 2.27. The molecule has 160 valence electrons. The second kappa shape index (κ2) is 7.65. The highest BCUT2D eigenvalue weighted by molar-refractivity contribution is 8.14. The molecule has 0 aliphatic carbocycles. The molecule has 0 spiro atoms. The molecule has 2 aromatic carbocycles. The number of fused-ring (bicyclic) bond motifs is 1. The molecule has 1 aliphatic rings. The first-order chi connectivity index (χ1) is 14.7. The standard InChI is InChI=1S/C18H10F5N5O2S/c1-5-14(25-28-18(30)31-5)6-2-3-8-7(4-6)15(17(29)24-8)26-27-16-12(22)10(20)9(19)11(21)13(16)23/h2-5,24,29H,1H3,(H,28,30). The molecule has 1 aromatic heterocycles. The average Bonchev–Trinajstić information content (AvgIpc) is 3.05. The zero-order valence-electron chi connectivity index (χ0n) is 15.3. The van der Waals surface area contributed by atoms with Gasteiger partial charge >= 0.3 is 0 Å². The number of carbonyl (C=O) groups is 1. The van der Waals surface area contributed by atoms with E-state index in [1.54, 1.807) is 19.1 Å². The first-order valence-electron chi connectivity index (χ1n) is 8.51. The van der Waals surface area contributed by atoms with Gasteiger partial charge in [-0.2, -0.15) is 5.10 Å². The summed E-state index contributed by atoms with van der Waals surface area (Å²) in [6.07, 6.45) is 0. The summed E-state index contributed by atoms with van der Waals surface area (Å²) >= 11 is 1.01. The van der Waals surface area contributed by atoms with E-state index in [0.29, 0.717) is 16.8 Å². The van der Waals surface area contributed by atoms with E-state index in [2.05, 4.69) is 25.7 Å². The number of amides is 1. The Morgan fingerprint density at radius 1 is 1.00 bits per heavy atom. The largest absolute Gasteiger partial charge is 0.493 e. The van der Waals surface area contributed by atoms with Crippen LogP contribution in [0.25, 0.3) is 10.9 Å². The van der Waals surface area contributed by atoms with E-state index in [1.807, 2.05) is 0 Å². The Bertz CT molecular complexity index is 1280. The average molecular weight is 455 g/mol. The molecule has 0 saturated heterocycles. The number of aromatic nitrogens is 1. The normalized spacial score (nSPS) is 16.8. The maximum Gasteiger partial charge on any atom is 0.299 e. The fourth-order valence-electron chi connectivity index (χ4n) is 2.94. The molecule has 1 atom stereocenters. The third-order valence-corrected chi connectivity index (χ3v) is 5.30. The number of thioether (sulfide) groups is 1. The van der Waals surface area contributed by atoms with Gasteiger partial charge in [-0.05, 0) is 24.6 Å². The summed E-state index contributed by atoms with van der Waals surface area (Å²) in [4.78, 5) is 14.0. The number of hydrazone groups is 1. The van der Waals surface area contributed by atoms with Crippen LogP contribution in [0.4, 0.5) is 38.1 Å². The number of aromatic hydroxyl groups is 1. The van der Waals surface area contributed by atoms with E-state index >= 15 is 0 Å². The molecule has 4 rings (SSSR count). The van der Waals surface area contributed by atoms with Gasteiger partial charge in [0.05, 0.1) is 16.5 Å². The van der Waals surface area contributed by atoms with Crippen LogP contribution in [-0.4, -0.2) is 26.3 Å². The smallest absolute Gasteiger partial charge is 0.299 e. The molecular formula is C18H10F5N5O2S. The minimum atomic E-state index is -2.32. The summed E-state index contributed by atoms with van der Waals surface area (Å²) in [5.74, 6) is -11.5. The lowest BCUT2D eigenvalue weighted by Gasteiger charge is -2.18. The van der Waals surface area contributed by atoms with Crippen LogP contribution in [0.5, 0.6) is 5.88 Å². The Morgan fingerprint density at radius 2 is 1.61 bits per heavy atom. The summed E-state index contributed by atoms with van der Waals surface area (Å²) in [5, 5.41) is 20.4. The lowest BCUT2D eigenvalue weighted by molar-refractivity contribution is 0.261.